The van der Waals surface area contributed by atoms with Crippen LogP contribution < -0.4 is 0 Å². The first kappa shape index (κ1) is 9.01. The highest BCUT2D eigenvalue weighted by molar-refractivity contribution is 5.72. The van der Waals surface area contributed by atoms with Gasteiger partial charge < -0.3 is 4.74 Å². The van der Waals surface area contributed by atoms with Crippen LogP contribution in [0.2, 0.25) is 0 Å². The van der Waals surface area contributed by atoms with Crippen LogP contribution in [-0.4, -0.2) is 18.5 Å². The highest BCUT2D eigenvalue weighted by Gasteiger charge is 2.43. The molecule has 0 amide bonds. The van der Waals surface area contributed by atoms with E-state index in [1.807, 2.05) is 0 Å². The number of esters is 1. The molecule has 0 radical (unpaired) electrons. The molecular formula is C9H12O3. The molecule has 0 spiro atoms. The molecule has 0 aliphatic heterocycles. The second kappa shape index (κ2) is 3.55. The molecule has 1 aliphatic carbocycles. The Morgan fingerprint density at radius 3 is 2.75 bits per heavy atom. The highest BCUT2D eigenvalue weighted by Crippen LogP contribution is 2.49. The van der Waals surface area contributed by atoms with Gasteiger partial charge in [-0.05, 0) is 19.8 Å². The summed E-state index contributed by atoms with van der Waals surface area (Å²) in [5.41, 5.74) is -0.200. The standard InChI is InChI=1S/C9H12O3/c1-2-12-8(11)7-9(3-4-9)5-6-10/h5H,2-4,7H2,1H3. The molecule has 0 bridgehead atoms. The zero-order chi connectivity index (χ0) is 9.03. The lowest BCUT2D eigenvalue weighted by molar-refractivity contribution is -0.144. The summed E-state index contributed by atoms with van der Waals surface area (Å²) in [5.74, 6) is 1.51. The van der Waals surface area contributed by atoms with Gasteiger partial charge in [0.15, 0.2) is 0 Å². The molecule has 0 saturated heterocycles. The molecule has 0 aromatic heterocycles. The largest absolute Gasteiger partial charge is 0.466 e. The van der Waals surface area contributed by atoms with Crippen molar-refractivity contribution in [3.63, 3.8) is 0 Å². The van der Waals surface area contributed by atoms with Gasteiger partial charge in [-0.2, -0.15) is 0 Å². The van der Waals surface area contributed by atoms with Gasteiger partial charge in [-0.15, -0.1) is 0 Å². The minimum absolute atomic E-state index is 0.200. The number of rotatable bonds is 4. The van der Waals surface area contributed by atoms with Crippen molar-refractivity contribution in [3.05, 3.63) is 6.08 Å². The highest BCUT2D eigenvalue weighted by atomic mass is 16.5. The van der Waals surface area contributed by atoms with Crippen LogP contribution in [0.3, 0.4) is 0 Å². The molecule has 0 aromatic carbocycles. The number of allylic oxidation sites excluding steroid dienone is 1. The number of hydrogen-bond donors (Lipinski definition) is 0. The van der Waals surface area contributed by atoms with Crippen molar-refractivity contribution < 1.29 is 14.3 Å². The fourth-order valence-electron chi connectivity index (χ4n) is 1.16. The summed E-state index contributed by atoms with van der Waals surface area (Å²) in [7, 11) is 0. The SMILES string of the molecule is CCOC(=O)CC1(C=C=O)CC1. The van der Waals surface area contributed by atoms with E-state index in [0.717, 1.165) is 12.8 Å². The van der Waals surface area contributed by atoms with Gasteiger partial charge in [0.25, 0.3) is 0 Å². The van der Waals surface area contributed by atoms with Crippen molar-refractivity contribution in [2.45, 2.75) is 26.2 Å². The van der Waals surface area contributed by atoms with E-state index in [1.54, 1.807) is 12.9 Å². The topological polar surface area (TPSA) is 43.4 Å². The molecule has 0 heterocycles. The summed E-state index contributed by atoms with van der Waals surface area (Å²) >= 11 is 0. The molecule has 0 atom stereocenters. The Hall–Kier alpha value is -1.08. The van der Waals surface area contributed by atoms with Gasteiger partial charge >= 0.3 is 5.97 Å². The van der Waals surface area contributed by atoms with Crippen LogP contribution in [0.4, 0.5) is 0 Å². The number of ether oxygens (including phenoxy) is 1. The van der Waals surface area contributed by atoms with Gasteiger partial charge in [-0.1, -0.05) is 0 Å². The summed E-state index contributed by atoms with van der Waals surface area (Å²) < 4.78 is 4.78. The average molecular weight is 168 g/mol. The minimum Gasteiger partial charge on any atom is -0.466 e. The monoisotopic (exact) mass is 168 g/mol. The maximum absolute atomic E-state index is 11.0. The molecule has 12 heavy (non-hydrogen) atoms. The molecule has 66 valence electrons. The van der Waals surface area contributed by atoms with Gasteiger partial charge in [0.1, 0.15) is 5.94 Å². The lowest BCUT2D eigenvalue weighted by Gasteiger charge is -2.06. The number of carbonyl (C=O) groups excluding carboxylic acids is 2. The second-order valence-corrected chi connectivity index (χ2v) is 3.11. The second-order valence-electron chi connectivity index (χ2n) is 3.11. The van der Waals surface area contributed by atoms with E-state index in [0.29, 0.717) is 13.0 Å². The predicted octanol–water partition coefficient (Wildman–Crippen LogP) is 1.11. The van der Waals surface area contributed by atoms with Crippen LogP contribution in [0, 0.1) is 5.41 Å². The van der Waals surface area contributed by atoms with Crippen LogP contribution in [0.25, 0.3) is 0 Å². The number of carbonyl (C=O) groups is 1. The Morgan fingerprint density at radius 1 is 1.67 bits per heavy atom. The zero-order valence-corrected chi connectivity index (χ0v) is 7.13. The van der Waals surface area contributed by atoms with Gasteiger partial charge in [0.2, 0.25) is 0 Å². The fraction of sp³-hybridized carbons (Fsp3) is 0.667. The van der Waals surface area contributed by atoms with E-state index in [4.69, 9.17) is 4.74 Å². The van der Waals surface area contributed by atoms with Gasteiger partial charge in [-0.25, -0.2) is 4.79 Å². The summed E-state index contributed by atoms with van der Waals surface area (Å²) in [5, 5.41) is 0. The Bertz CT molecular complexity index is 222. The van der Waals surface area contributed by atoms with Crippen LogP contribution in [0.1, 0.15) is 26.2 Å². The molecule has 1 aliphatic rings. The van der Waals surface area contributed by atoms with E-state index in [9.17, 15) is 9.59 Å². The van der Waals surface area contributed by atoms with E-state index in [-0.39, 0.29) is 11.4 Å². The van der Waals surface area contributed by atoms with Crippen molar-refractivity contribution in [2.24, 2.45) is 5.41 Å². The quantitative estimate of drug-likeness (QED) is 0.466. The third-order valence-corrected chi connectivity index (χ3v) is 2.06. The summed E-state index contributed by atoms with van der Waals surface area (Å²) in [6.45, 7) is 2.17. The molecule has 3 nitrogen and oxygen atoms in total. The fourth-order valence-corrected chi connectivity index (χ4v) is 1.16. The summed E-state index contributed by atoms with van der Waals surface area (Å²) in [6.07, 6.45) is 3.59. The Kier molecular flexibility index (Phi) is 2.66. The lowest BCUT2D eigenvalue weighted by Crippen LogP contribution is -2.10. The first-order chi connectivity index (χ1) is 5.72. The van der Waals surface area contributed by atoms with Crippen LogP contribution >= 0.6 is 0 Å². The van der Waals surface area contributed by atoms with Gasteiger partial charge in [-0.3, -0.25) is 4.79 Å². The smallest absolute Gasteiger partial charge is 0.306 e. The molecule has 1 saturated carbocycles. The molecule has 0 unspecified atom stereocenters. The van der Waals surface area contributed by atoms with Crippen molar-refractivity contribution in [1.29, 1.82) is 0 Å². The van der Waals surface area contributed by atoms with E-state index in [1.165, 1.54) is 6.08 Å². The molecule has 1 rings (SSSR count). The molecule has 0 N–H and O–H groups in total. The van der Waals surface area contributed by atoms with E-state index >= 15 is 0 Å². The lowest BCUT2D eigenvalue weighted by atomic mass is 10.0. The Labute approximate surface area is 71.4 Å². The van der Waals surface area contributed by atoms with Crippen molar-refractivity contribution >= 4 is 11.9 Å². The Balaban J connectivity index is 2.40. The first-order valence-corrected chi connectivity index (χ1v) is 4.10. The maximum atomic E-state index is 11.0. The van der Waals surface area contributed by atoms with Crippen molar-refractivity contribution in [3.8, 4) is 0 Å². The first-order valence-electron chi connectivity index (χ1n) is 4.10. The van der Waals surface area contributed by atoms with E-state index < -0.39 is 0 Å². The third-order valence-electron chi connectivity index (χ3n) is 2.06. The average Bonchev–Trinajstić information content (AvgIpc) is 2.70. The summed E-state index contributed by atoms with van der Waals surface area (Å²) in [6, 6.07) is 0. The molecule has 0 aromatic rings. The minimum atomic E-state index is -0.221. The summed E-state index contributed by atoms with van der Waals surface area (Å²) in [4.78, 5) is 21.1. The molecular weight excluding hydrogens is 156 g/mol. The van der Waals surface area contributed by atoms with E-state index in [2.05, 4.69) is 0 Å². The third kappa shape index (κ3) is 2.21. The van der Waals surface area contributed by atoms with Crippen LogP contribution in [-0.2, 0) is 14.3 Å². The zero-order valence-electron chi connectivity index (χ0n) is 7.13. The van der Waals surface area contributed by atoms with Gasteiger partial charge in [0, 0.05) is 11.5 Å². The number of hydrogen-bond acceptors (Lipinski definition) is 3. The normalized spacial score (nSPS) is 17.8. The molecule has 3 heteroatoms. The Morgan fingerprint density at radius 2 is 2.33 bits per heavy atom. The molecule has 1 fully saturated rings. The van der Waals surface area contributed by atoms with Crippen LogP contribution in [0.15, 0.2) is 6.08 Å². The van der Waals surface area contributed by atoms with Gasteiger partial charge in [0.05, 0.1) is 13.0 Å². The van der Waals surface area contributed by atoms with Crippen molar-refractivity contribution in [2.75, 3.05) is 6.61 Å². The maximum Gasteiger partial charge on any atom is 0.306 e. The predicted molar refractivity (Wildman–Crippen MR) is 43.2 cm³/mol. The van der Waals surface area contributed by atoms with Crippen molar-refractivity contribution in [1.82, 2.24) is 0 Å². The van der Waals surface area contributed by atoms with Crippen LogP contribution in [0.5, 0.6) is 0 Å².